The Bertz CT molecular complexity index is 616. The fraction of sp³-hybridized carbons (Fsp3) is 0.188. The lowest BCUT2D eigenvalue weighted by Gasteiger charge is -2.18. The van der Waals surface area contributed by atoms with E-state index in [9.17, 15) is 9.18 Å². The molecule has 0 fully saturated rings. The SMILES string of the molecule is CC[C@@H](Oc1ccccc1Cl)C(=O)Nc1ccc(F)cc1. The van der Waals surface area contributed by atoms with Crippen LogP contribution < -0.4 is 10.1 Å². The molecule has 2 aromatic carbocycles. The third-order valence-corrected chi connectivity index (χ3v) is 3.19. The van der Waals surface area contributed by atoms with E-state index in [0.29, 0.717) is 22.9 Å². The molecule has 0 aliphatic rings. The second-order valence-electron chi connectivity index (χ2n) is 4.44. The molecule has 0 saturated carbocycles. The van der Waals surface area contributed by atoms with Crippen LogP contribution >= 0.6 is 11.6 Å². The first kappa shape index (κ1) is 15.3. The largest absolute Gasteiger partial charge is 0.479 e. The van der Waals surface area contributed by atoms with Crippen LogP contribution in [0.15, 0.2) is 48.5 Å². The van der Waals surface area contributed by atoms with Crippen LogP contribution in [0.5, 0.6) is 5.75 Å². The van der Waals surface area contributed by atoms with Crippen LogP contribution in [-0.4, -0.2) is 12.0 Å². The third-order valence-electron chi connectivity index (χ3n) is 2.88. The third kappa shape index (κ3) is 4.20. The Kier molecular flexibility index (Phi) is 5.17. The highest BCUT2D eigenvalue weighted by Gasteiger charge is 2.19. The lowest BCUT2D eigenvalue weighted by atomic mass is 10.2. The number of carbonyl (C=O) groups is 1. The molecule has 3 nitrogen and oxygen atoms in total. The molecule has 1 N–H and O–H groups in total. The summed E-state index contributed by atoms with van der Waals surface area (Å²) in [5.74, 6) is -0.198. The summed E-state index contributed by atoms with van der Waals surface area (Å²) in [7, 11) is 0. The molecule has 0 heterocycles. The quantitative estimate of drug-likeness (QED) is 0.895. The van der Waals surface area contributed by atoms with Gasteiger partial charge in [0.2, 0.25) is 0 Å². The molecule has 1 amide bonds. The number of benzene rings is 2. The first-order chi connectivity index (χ1) is 10.1. The van der Waals surface area contributed by atoms with E-state index in [1.165, 1.54) is 24.3 Å². The first-order valence-electron chi connectivity index (χ1n) is 6.57. The van der Waals surface area contributed by atoms with Crippen molar-refractivity contribution in [1.82, 2.24) is 0 Å². The zero-order valence-corrected chi connectivity index (χ0v) is 12.2. The van der Waals surface area contributed by atoms with E-state index in [0.717, 1.165) is 0 Å². The van der Waals surface area contributed by atoms with E-state index in [1.807, 2.05) is 6.92 Å². The van der Waals surface area contributed by atoms with E-state index in [4.69, 9.17) is 16.3 Å². The van der Waals surface area contributed by atoms with Gasteiger partial charge in [-0.05, 0) is 42.8 Å². The van der Waals surface area contributed by atoms with Crippen LogP contribution in [0, 0.1) is 5.82 Å². The van der Waals surface area contributed by atoms with Gasteiger partial charge < -0.3 is 10.1 Å². The number of halogens is 2. The second-order valence-corrected chi connectivity index (χ2v) is 4.85. The van der Waals surface area contributed by atoms with Gasteiger partial charge in [0.05, 0.1) is 5.02 Å². The van der Waals surface area contributed by atoms with Gasteiger partial charge in [0, 0.05) is 5.69 Å². The molecule has 21 heavy (non-hydrogen) atoms. The normalized spacial score (nSPS) is 11.8. The number of ether oxygens (including phenoxy) is 1. The van der Waals surface area contributed by atoms with Crippen LogP contribution in [0.4, 0.5) is 10.1 Å². The van der Waals surface area contributed by atoms with E-state index in [-0.39, 0.29) is 11.7 Å². The van der Waals surface area contributed by atoms with Crippen LogP contribution in [0.25, 0.3) is 0 Å². The fourth-order valence-electron chi connectivity index (χ4n) is 1.77. The monoisotopic (exact) mass is 307 g/mol. The van der Waals surface area contributed by atoms with Crippen LogP contribution in [-0.2, 0) is 4.79 Å². The van der Waals surface area contributed by atoms with Crippen molar-refractivity contribution in [1.29, 1.82) is 0 Å². The minimum absolute atomic E-state index is 0.302. The molecule has 0 radical (unpaired) electrons. The van der Waals surface area contributed by atoms with Gasteiger partial charge >= 0.3 is 0 Å². The number of anilines is 1. The Hall–Kier alpha value is -2.07. The number of amides is 1. The van der Waals surface area contributed by atoms with E-state index in [2.05, 4.69) is 5.32 Å². The summed E-state index contributed by atoms with van der Waals surface area (Å²) in [5, 5.41) is 3.14. The second kappa shape index (κ2) is 7.09. The van der Waals surface area contributed by atoms with Crippen LogP contribution in [0.2, 0.25) is 5.02 Å². The van der Waals surface area contributed by atoms with Crippen LogP contribution in [0.3, 0.4) is 0 Å². The smallest absolute Gasteiger partial charge is 0.265 e. The predicted octanol–water partition coefficient (Wildman–Crippen LogP) is 4.28. The van der Waals surface area contributed by atoms with Gasteiger partial charge in [-0.2, -0.15) is 0 Å². The Morgan fingerprint density at radius 1 is 1.24 bits per heavy atom. The molecular weight excluding hydrogens is 293 g/mol. The van der Waals surface area contributed by atoms with E-state index in [1.54, 1.807) is 24.3 Å². The van der Waals surface area contributed by atoms with Gasteiger partial charge in [0.15, 0.2) is 6.10 Å². The topological polar surface area (TPSA) is 38.3 Å². The molecule has 0 bridgehead atoms. The molecule has 110 valence electrons. The lowest BCUT2D eigenvalue weighted by Crippen LogP contribution is -2.32. The Morgan fingerprint density at radius 2 is 1.90 bits per heavy atom. The van der Waals surface area contributed by atoms with Gasteiger partial charge in [-0.1, -0.05) is 30.7 Å². The van der Waals surface area contributed by atoms with Crippen LogP contribution in [0.1, 0.15) is 13.3 Å². The van der Waals surface area contributed by atoms with Crippen molar-refractivity contribution in [3.05, 3.63) is 59.4 Å². The molecule has 2 aromatic rings. The lowest BCUT2D eigenvalue weighted by molar-refractivity contribution is -0.122. The molecule has 0 aliphatic heterocycles. The van der Waals surface area contributed by atoms with Crippen molar-refractivity contribution in [2.75, 3.05) is 5.32 Å². The number of carbonyl (C=O) groups excluding carboxylic acids is 1. The maximum absolute atomic E-state index is 12.8. The average Bonchev–Trinajstić information content (AvgIpc) is 2.48. The molecule has 0 aromatic heterocycles. The average molecular weight is 308 g/mol. The molecule has 0 saturated heterocycles. The summed E-state index contributed by atoms with van der Waals surface area (Å²) in [6, 6.07) is 12.5. The Morgan fingerprint density at radius 3 is 2.52 bits per heavy atom. The number of para-hydroxylation sites is 1. The molecule has 0 unspecified atom stereocenters. The number of hydrogen-bond acceptors (Lipinski definition) is 2. The maximum atomic E-state index is 12.8. The van der Waals surface area contributed by atoms with Gasteiger partial charge in [0.1, 0.15) is 11.6 Å². The zero-order chi connectivity index (χ0) is 15.2. The number of nitrogens with one attached hydrogen (secondary N) is 1. The molecule has 2 rings (SSSR count). The summed E-state index contributed by atoms with van der Waals surface area (Å²) in [6.45, 7) is 1.84. The first-order valence-corrected chi connectivity index (χ1v) is 6.95. The molecular formula is C16H15ClFNO2. The minimum Gasteiger partial charge on any atom is -0.479 e. The number of rotatable bonds is 5. The van der Waals surface area contributed by atoms with E-state index >= 15 is 0 Å². The van der Waals surface area contributed by atoms with Gasteiger partial charge in [-0.3, -0.25) is 4.79 Å². The summed E-state index contributed by atoms with van der Waals surface area (Å²) in [5.41, 5.74) is 0.516. The predicted molar refractivity (Wildman–Crippen MR) is 81.2 cm³/mol. The summed E-state index contributed by atoms with van der Waals surface area (Å²) >= 11 is 6.01. The van der Waals surface area contributed by atoms with Crippen molar-refractivity contribution < 1.29 is 13.9 Å². The van der Waals surface area contributed by atoms with Crippen molar-refractivity contribution in [2.45, 2.75) is 19.4 Å². The minimum atomic E-state index is -0.671. The van der Waals surface area contributed by atoms with E-state index < -0.39 is 6.10 Å². The highest BCUT2D eigenvalue weighted by Crippen LogP contribution is 2.25. The summed E-state index contributed by atoms with van der Waals surface area (Å²) in [4.78, 5) is 12.2. The molecule has 0 spiro atoms. The van der Waals surface area contributed by atoms with Gasteiger partial charge in [-0.15, -0.1) is 0 Å². The zero-order valence-electron chi connectivity index (χ0n) is 11.5. The molecule has 0 aliphatic carbocycles. The summed E-state index contributed by atoms with van der Waals surface area (Å²) < 4.78 is 18.5. The highest BCUT2D eigenvalue weighted by atomic mass is 35.5. The van der Waals surface area contributed by atoms with Crippen molar-refractivity contribution in [2.24, 2.45) is 0 Å². The number of hydrogen-bond donors (Lipinski definition) is 1. The molecule has 5 heteroatoms. The standard InChI is InChI=1S/C16H15ClFNO2/c1-2-14(21-15-6-4-3-5-13(15)17)16(20)19-12-9-7-11(18)8-10-12/h3-10,14H,2H2,1H3,(H,19,20)/t14-/m1/s1. The van der Waals surface area contributed by atoms with Crippen molar-refractivity contribution in [3.63, 3.8) is 0 Å². The highest BCUT2D eigenvalue weighted by molar-refractivity contribution is 6.32. The summed E-state index contributed by atoms with van der Waals surface area (Å²) in [6.07, 6.45) is -0.187. The van der Waals surface area contributed by atoms with Crippen molar-refractivity contribution in [3.8, 4) is 5.75 Å². The van der Waals surface area contributed by atoms with Gasteiger partial charge in [-0.25, -0.2) is 4.39 Å². The maximum Gasteiger partial charge on any atom is 0.265 e. The van der Waals surface area contributed by atoms with Crippen molar-refractivity contribution >= 4 is 23.2 Å². The molecule has 1 atom stereocenters. The van der Waals surface area contributed by atoms with Gasteiger partial charge in [0.25, 0.3) is 5.91 Å². The fourth-order valence-corrected chi connectivity index (χ4v) is 1.95. The Labute approximate surface area is 127 Å². The Balaban J connectivity index is 2.05.